The second-order valence-corrected chi connectivity index (χ2v) is 5.31. The summed E-state index contributed by atoms with van der Waals surface area (Å²) < 4.78 is 5.58. The molecule has 5 nitrogen and oxygen atoms in total. The Morgan fingerprint density at radius 3 is 3.10 bits per heavy atom. The van der Waals surface area contributed by atoms with Crippen molar-refractivity contribution in [1.29, 1.82) is 0 Å². The number of carbonyl (C=O) groups is 1. The first-order valence-corrected chi connectivity index (χ1v) is 6.95. The number of carbonyl (C=O) groups excluding carboxylic acids is 1. The molecule has 20 heavy (non-hydrogen) atoms. The van der Waals surface area contributed by atoms with E-state index in [9.17, 15) is 4.79 Å². The molecule has 1 amide bonds. The highest BCUT2D eigenvalue weighted by Crippen LogP contribution is 2.21. The van der Waals surface area contributed by atoms with Crippen LogP contribution >= 0.6 is 0 Å². The number of fused-ring (bicyclic) bond motifs is 1. The van der Waals surface area contributed by atoms with Crippen molar-refractivity contribution in [3.63, 3.8) is 0 Å². The van der Waals surface area contributed by atoms with Crippen LogP contribution in [-0.4, -0.2) is 29.6 Å². The van der Waals surface area contributed by atoms with Crippen LogP contribution in [0.5, 0.6) is 0 Å². The van der Waals surface area contributed by atoms with Gasteiger partial charge in [-0.2, -0.15) is 0 Å². The van der Waals surface area contributed by atoms with Crippen LogP contribution in [-0.2, 0) is 4.74 Å². The fourth-order valence-corrected chi connectivity index (χ4v) is 2.68. The Hall–Kier alpha value is -2.01. The largest absolute Gasteiger partial charge is 0.397 e. The fraction of sp³-hybridized carbons (Fsp3) is 0.400. The molecule has 1 aromatic heterocycles. The van der Waals surface area contributed by atoms with Crippen molar-refractivity contribution in [2.45, 2.75) is 31.9 Å². The zero-order valence-electron chi connectivity index (χ0n) is 11.5. The van der Waals surface area contributed by atoms with Gasteiger partial charge in [0.15, 0.2) is 0 Å². The van der Waals surface area contributed by atoms with Crippen LogP contribution in [0.1, 0.15) is 30.3 Å². The van der Waals surface area contributed by atoms with Gasteiger partial charge >= 0.3 is 0 Å². The van der Waals surface area contributed by atoms with Gasteiger partial charge in [-0.25, -0.2) is 0 Å². The van der Waals surface area contributed by atoms with Crippen LogP contribution in [0, 0.1) is 0 Å². The number of aromatic nitrogens is 1. The molecule has 4 N–H and O–H groups in total. The Kier molecular flexibility index (Phi) is 3.36. The number of H-pyrrole nitrogens is 1. The maximum absolute atomic E-state index is 12.3. The van der Waals surface area contributed by atoms with E-state index in [1.165, 1.54) is 0 Å². The minimum Gasteiger partial charge on any atom is -0.397 e. The Bertz CT molecular complexity index is 629. The first-order chi connectivity index (χ1) is 9.65. The van der Waals surface area contributed by atoms with E-state index in [0.717, 1.165) is 30.4 Å². The van der Waals surface area contributed by atoms with Crippen LogP contribution in [0.25, 0.3) is 10.9 Å². The number of para-hydroxylation sites is 1. The van der Waals surface area contributed by atoms with Crippen molar-refractivity contribution in [2.24, 2.45) is 0 Å². The van der Waals surface area contributed by atoms with Gasteiger partial charge in [-0.3, -0.25) is 4.79 Å². The second kappa shape index (κ2) is 5.17. The molecule has 2 aromatic rings. The molecule has 0 bridgehead atoms. The lowest BCUT2D eigenvalue weighted by atomic mass is 10.1. The Morgan fingerprint density at radius 1 is 1.55 bits per heavy atom. The number of nitrogens with one attached hydrogen (secondary N) is 2. The zero-order valence-corrected chi connectivity index (χ0v) is 11.5. The minimum absolute atomic E-state index is 0.00811. The van der Waals surface area contributed by atoms with Gasteiger partial charge in [0.25, 0.3) is 5.91 Å². The number of nitrogen functional groups attached to an aromatic ring is 1. The van der Waals surface area contributed by atoms with E-state index < -0.39 is 0 Å². The fourth-order valence-electron chi connectivity index (χ4n) is 2.68. The number of amides is 1. The molecule has 5 heteroatoms. The molecular weight excluding hydrogens is 254 g/mol. The Labute approximate surface area is 117 Å². The normalized spacial score (nSPS) is 20.1. The summed E-state index contributed by atoms with van der Waals surface area (Å²) >= 11 is 0. The van der Waals surface area contributed by atoms with Gasteiger partial charge in [-0.15, -0.1) is 0 Å². The molecule has 1 saturated heterocycles. The monoisotopic (exact) mass is 273 g/mol. The van der Waals surface area contributed by atoms with Crippen molar-refractivity contribution < 1.29 is 9.53 Å². The smallest absolute Gasteiger partial charge is 0.268 e. The summed E-state index contributed by atoms with van der Waals surface area (Å²) in [5, 5.41) is 3.93. The molecule has 1 aliphatic heterocycles. The van der Waals surface area contributed by atoms with Gasteiger partial charge in [-0.05, 0) is 31.9 Å². The minimum atomic E-state index is -0.122. The van der Waals surface area contributed by atoms with Gasteiger partial charge < -0.3 is 20.8 Å². The predicted octanol–water partition coefficient (Wildman–Crippen LogP) is 2.05. The second-order valence-electron chi connectivity index (χ2n) is 5.31. The van der Waals surface area contributed by atoms with Crippen LogP contribution in [0.2, 0.25) is 0 Å². The van der Waals surface area contributed by atoms with E-state index >= 15 is 0 Å². The predicted molar refractivity (Wildman–Crippen MR) is 78.6 cm³/mol. The Morgan fingerprint density at radius 2 is 2.40 bits per heavy atom. The van der Waals surface area contributed by atoms with E-state index in [2.05, 4.69) is 10.3 Å². The van der Waals surface area contributed by atoms with E-state index in [0.29, 0.717) is 11.4 Å². The van der Waals surface area contributed by atoms with Crippen LogP contribution in [0.15, 0.2) is 24.3 Å². The highest BCUT2D eigenvalue weighted by atomic mass is 16.5. The van der Waals surface area contributed by atoms with E-state index in [4.69, 9.17) is 10.5 Å². The average Bonchev–Trinajstić information content (AvgIpc) is 3.08. The van der Waals surface area contributed by atoms with Crippen molar-refractivity contribution in [3.8, 4) is 0 Å². The number of benzene rings is 1. The van der Waals surface area contributed by atoms with Gasteiger partial charge in [0.2, 0.25) is 0 Å². The zero-order chi connectivity index (χ0) is 14.1. The number of hydrogen-bond acceptors (Lipinski definition) is 3. The number of rotatable bonds is 3. The highest BCUT2D eigenvalue weighted by molar-refractivity contribution is 6.00. The summed E-state index contributed by atoms with van der Waals surface area (Å²) in [6.07, 6.45) is 2.18. The van der Waals surface area contributed by atoms with Crippen LogP contribution in [0.3, 0.4) is 0 Å². The SMILES string of the molecule is CC(NC(=O)c1cc2cccc(N)c2[nH]1)C1CCCO1. The third-order valence-corrected chi connectivity index (χ3v) is 3.81. The quantitative estimate of drug-likeness (QED) is 0.749. The molecule has 0 spiro atoms. The number of nitrogens with two attached hydrogens (primary N) is 1. The summed E-state index contributed by atoms with van der Waals surface area (Å²) in [4.78, 5) is 15.3. The number of ether oxygens (including phenoxy) is 1. The van der Waals surface area contributed by atoms with Crippen LogP contribution in [0.4, 0.5) is 5.69 Å². The molecule has 0 aliphatic carbocycles. The van der Waals surface area contributed by atoms with Crippen molar-refractivity contribution in [1.82, 2.24) is 10.3 Å². The van der Waals surface area contributed by atoms with E-state index in [-0.39, 0.29) is 18.1 Å². The molecule has 0 radical (unpaired) electrons. The third kappa shape index (κ3) is 2.36. The van der Waals surface area contributed by atoms with Gasteiger partial charge in [0, 0.05) is 12.0 Å². The molecule has 1 fully saturated rings. The van der Waals surface area contributed by atoms with Gasteiger partial charge in [0.1, 0.15) is 5.69 Å². The molecule has 2 atom stereocenters. The Balaban J connectivity index is 1.76. The lowest BCUT2D eigenvalue weighted by molar-refractivity contribution is 0.0710. The molecule has 0 saturated carbocycles. The molecule has 2 heterocycles. The van der Waals surface area contributed by atoms with Crippen LogP contribution < -0.4 is 11.1 Å². The van der Waals surface area contributed by atoms with Crippen molar-refractivity contribution in [3.05, 3.63) is 30.0 Å². The van der Waals surface area contributed by atoms with Gasteiger partial charge in [-0.1, -0.05) is 12.1 Å². The molecular formula is C15H19N3O2. The van der Waals surface area contributed by atoms with Gasteiger partial charge in [0.05, 0.1) is 23.3 Å². The lowest BCUT2D eigenvalue weighted by Gasteiger charge is -2.19. The summed E-state index contributed by atoms with van der Waals surface area (Å²) in [7, 11) is 0. The summed E-state index contributed by atoms with van der Waals surface area (Å²) in [6, 6.07) is 7.46. The summed E-state index contributed by atoms with van der Waals surface area (Å²) in [6.45, 7) is 2.76. The number of anilines is 1. The van der Waals surface area contributed by atoms with Crippen molar-refractivity contribution >= 4 is 22.5 Å². The highest BCUT2D eigenvalue weighted by Gasteiger charge is 2.24. The maximum atomic E-state index is 12.3. The molecule has 1 aromatic carbocycles. The molecule has 3 rings (SSSR count). The molecule has 1 aliphatic rings. The number of aromatic amines is 1. The van der Waals surface area contributed by atoms with E-state index in [1.807, 2.05) is 31.2 Å². The lowest BCUT2D eigenvalue weighted by Crippen LogP contribution is -2.40. The average molecular weight is 273 g/mol. The standard InChI is InChI=1S/C15H19N3O2/c1-9(13-6-3-7-20-13)17-15(19)12-8-10-4-2-5-11(16)14(10)18-12/h2,4-5,8-9,13,18H,3,6-7,16H2,1H3,(H,17,19). The molecule has 2 unspecified atom stereocenters. The summed E-state index contributed by atoms with van der Waals surface area (Å²) in [5.41, 5.74) is 7.87. The first-order valence-electron chi connectivity index (χ1n) is 6.95. The van der Waals surface area contributed by atoms with E-state index in [1.54, 1.807) is 0 Å². The molecule has 106 valence electrons. The number of hydrogen-bond donors (Lipinski definition) is 3. The first kappa shape index (κ1) is 13.0. The summed E-state index contributed by atoms with van der Waals surface area (Å²) in [5.74, 6) is -0.122. The third-order valence-electron chi connectivity index (χ3n) is 3.81. The van der Waals surface area contributed by atoms with Crippen molar-refractivity contribution in [2.75, 3.05) is 12.3 Å². The maximum Gasteiger partial charge on any atom is 0.268 e. The topological polar surface area (TPSA) is 80.1 Å².